The number of pyridine rings is 1. The molecule has 0 saturated carbocycles. The lowest BCUT2D eigenvalue weighted by Gasteiger charge is -2.19. The lowest BCUT2D eigenvalue weighted by molar-refractivity contribution is -0.384. The van der Waals surface area contributed by atoms with E-state index in [0.29, 0.717) is 17.9 Å². The first kappa shape index (κ1) is 15.3. The zero-order chi connectivity index (χ0) is 16.4. The van der Waals surface area contributed by atoms with Crippen molar-refractivity contribution >= 4 is 11.5 Å². The highest BCUT2D eigenvalue weighted by Crippen LogP contribution is 2.38. The fourth-order valence-electron chi connectivity index (χ4n) is 3.20. The van der Waals surface area contributed by atoms with Gasteiger partial charge in [0.15, 0.2) is 0 Å². The van der Waals surface area contributed by atoms with Crippen LogP contribution in [0.4, 0.5) is 11.5 Å². The average molecular weight is 313 g/mol. The summed E-state index contributed by atoms with van der Waals surface area (Å²) < 4.78 is 5.44. The van der Waals surface area contributed by atoms with Crippen molar-refractivity contribution in [3.05, 3.63) is 57.8 Å². The van der Waals surface area contributed by atoms with Gasteiger partial charge in [0.25, 0.3) is 0 Å². The number of para-hydroxylation sites is 1. The van der Waals surface area contributed by atoms with Gasteiger partial charge in [-0.3, -0.25) is 10.1 Å². The molecule has 1 aromatic heterocycles. The molecular formula is C17H19N3O3. The van der Waals surface area contributed by atoms with E-state index in [1.54, 1.807) is 26.3 Å². The third-order valence-corrected chi connectivity index (χ3v) is 4.36. The lowest BCUT2D eigenvalue weighted by atomic mass is 9.97. The maximum absolute atomic E-state index is 11.4. The zero-order valence-electron chi connectivity index (χ0n) is 13.2. The van der Waals surface area contributed by atoms with Crippen LogP contribution in [0.2, 0.25) is 0 Å². The van der Waals surface area contributed by atoms with Gasteiger partial charge in [-0.1, -0.05) is 18.2 Å². The average Bonchev–Trinajstić information content (AvgIpc) is 3.03. The summed E-state index contributed by atoms with van der Waals surface area (Å²) in [6.07, 6.45) is 2.56. The molecule has 2 aromatic rings. The molecule has 1 aromatic carbocycles. The summed E-state index contributed by atoms with van der Waals surface area (Å²) in [6, 6.07) is 9.63. The van der Waals surface area contributed by atoms with Crippen LogP contribution < -0.4 is 9.64 Å². The number of anilines is 1. The molecule has 0 N–H and O–H groups in total. The Morgan fingerprint density at radius 1 is 1.35 bits per heavy atom. The van der Waals surface area contributed by atoms with E-state index in [-0.39, 0.29) is 16.5 Å². The highest BCUT2D eigenvalue weighted by atomic mass is 16.6. The van der Waals surface area contributed by atoms with Crippen LogP contribution in [0.15, 0.2) is 36.5 Å². The van der Waals surface area contributed by atoms with Gasteiger partial charge >= 0.3 is 5.69 Å². The molecule has 1 saturated heterocycles. The quantitative estimate of drug-likeness (QED) is 0.640. The van der Waals surface area contributed by atoms with Gasteiger partial charge in [-0.25, -0.2) is 4.98 Å². The molecule has 0 bridgehead atoms. The zero-order valence-corrected chi connectivity index (χ0v) is 13.2. The number of aryl methyl sites for hydroxylation is 1. The number of benzene rings is 1. The molecule has 0 amide bonds. The maximum Gasteiger partial charge on any atom is 0.314 e. The van der Waals surface area contributed by atoms with E-state index in [4.69, 9.17) is 4.74 Å². The molecule has 6 nitrogen and oxygen atoms in total. The summed E-state index contributed by atoms with van der Waals surface area (Å²) in [7, 11) is 1.67. The van der Waals surface area contributed by atoms with E-state index in [1.807, 2.05) is 23.1 Å². The number of hydrogen-bond donors (Lipinski definition) is 0. The summed E-state index contributed by atoms with van der Waals surface area (Å²) in [5.74, 6) is 1.62. The second-order valence-electron chi connectivity index (χ2n) is 5.73. The van der Waals surface area contributed by atoms with Crippen LogP contribution in [-0.4, -0.2) is 30.1 Å². The van der Waals surface area contributed by atoms with Gasteiger partial charge in [0.05, 0.1) is 12.0 Å². The van der Waals surface area contributed by atoms with Gasteiger partial charge in [-0.15, -0.1) is 0 Å². The number of rotatable bonds is 4. The van der Waals surface area contributed by atoms with Crippen LogP contribution in [-0.2, 0) is 0 Å². The molecule has 0 aliphatic carbocycles. The second-order valence-corrected chi connectivity index (χ2v) is 5.73. The van der Waals surface area contributed by atoms with Crippen LogP contribution in [0.3, 0.4) is 0 Å². The van der Waals surface area contributed by atoms with Crippen LogP contribution in [0.1, 0.15) is 23.5 Å². The van der Waals surface area contributed by atoms with Crippen molar-refractivity contribution in [2.75, 3.05) is 25.1 Å². The normalized spacial score (nSPS) is 17.3. The molecule has 1 atom stereocenters. The van der Waals surface area contributed by atoms with Crippen molar-refractivity contribution < 1.29 is 9.66 Å². The summed E-state index contributed by atoms with van der Waals surface area (Å²) in [5.41, 5.74) is 1.89. The third kappa shape index (κ3) is 2.84. The smallest absolute Gasteiger partial charge is 0.314 e. The highest BCUT2D eigenvalue weighted by Gasteiger charge is 2.31. The summed E-state index contributed by atoms with van der Waals surface area (Å²) in [6.45, 7) is 3.20. The van der Waals surface area contributed by atoms with Gasteiger partial charge in [0.2, 0.25) is 5.82 Å². The van der Waals surface area contributed by atoms with E-state index in [2.05, 4.69) is 11.1 Å². The lowest BCUT2D eigenvalue weighted by Crippen LogP contribution is -2.22. The van der Waals surface area contributed by atoms with Crippen molar-refractivity contribution in [2.45, 2.75) is 19.3 Å². The van der Waals surface area contributed by atoms with Crippen LogP contribution >= 0.6 is 0 Å². The Morgan fingerprint density at radius 2 is 2.13 bits per heavy atom. The van der Waals surface area contributed by atoms with Crippen molar-refractivity contribution in [1.82, 2.24) is 4.98 Å². The van der Waals surface area contributed by atoms with Crippen LogP contribution in [0.25, 0.3) is 0 Å². The fraction of sp³-hybridized carbons (Fsp3) is 0.353. The Labute approximate surface area is 134 Å². The minimum Gasteiger partial charge on any atom is -0.496 e. The molecule has 120 valence electrons. The molecule has 1 fully saturated rings. The summed E-state index contributed by atoms with van der Waals surface area (Å²) in [5, 5.41) is 11.4. The topological polar surface area (TPSA) is 68.5 Å². The SMILES string of the molecule is COc1ccccc1C1CCN(c2nccc(C)c2[N+](=O)[O-])C1. The first-order valence-corrected chi connectivity index (χ1v) is 7.59. The monoisotopic (exact) mass is 313 g/mol. The Kier molecular flexibility index (Phi) is 4.14. The highest BCUT2D eigenvalue weighted by molar-refractivity contribution is 5.62. The summed E-state index contributed by atoms with van der Waals surface area (Å²) in [4.78, 5) is 17.3. The van der Waals surface area contributed by atoms with Gasteiger partial charge < -0.3 is 9.64 Å². The number of ether oxygens (including phenoxy) is 1. The minimum absolute atomic E-state index is 0.105. The number of nitro groups is 1. The molecule has 23 heavy (non-hydrogen) atoms. The van der Waals surface area contributed by atoms with Gasteiger partial charge in [0.1, 0.15) is 5.75 Å². The molecule has 1 unspecified atom stereocenters. The number of methoxy groups -OCH3 is 1. The Morgan fingerprint density at radius 3 is 2.87 bits per heavy atom. The van der Waals surface area contributed by atoms with E-state index in [1.165, 1.54) is 0 Å². The van der Waals surface area contributed by atoms with Crippen LogP contribution in [0.5, 0.6) is 5.75 Å². The van der Waals surface area contributed by atoms with Crippen LogP contribution in [0, 0.1) is 17.0 Å². The van der Waals surface area contributed by atoms with E-state index < -0.39 is 0 Å². The molecule has 1 aliphatic heterocycles. The first-order chi connectivity index (χ1) is 11.1. The maximum atomic E-state index is 11.4. The summed E-state index contributed by atoms with van der Waals surface area (Å²) >= 11 is 0. The van der Waals surface area contributed by atoms with E-state index >= 15 is 0 Å². The largest absolute Gasteiger partial charge is 0.496 e. The third-order valence-electron chi connectivity index (χ3n) is 4.36. The molecule has 3 rings (SSSR count). The van der Waals surface area contributed by atoms with Gasteiger partial charge in [-0.2, -0.15) is 0 Å². The Hall–Kier alpha value is -2.63. The Bertz CT molecular complexity index is 733. The number of aromatic nitrogens is 1. The predicted octanol–water partition coefficient (Wildman–Crippen LogP) is 3.30. The molecule has 1 aliphatic rings. The molecule has 2 heterocycles. The number of hydrogen-bond acceptors (Lipinski definition) is 5. The van der Waals surface area contributed by atoms with Gasteiger partial charge in [-0.05, 0) is 31.0 Å². The standard InChI is InChI=1S/C17H19N3O3/c1-12-7-9-18-17(16(12)20(21)22)19-10-8-13(11-19)14-5-3-4-6-15(14)23-2/h3-7,9,13H,8,10-11H2,1-2H3. The molecular weight excluding hydrogens is 294 g/mol. The Balaban J connectivity index is 1.89. The molecule has 6 heteroatoms. The fourth-order valence-corrected chi connectivity index (χ4v) is 3.20. The van der Waals surface area contributed by atoms with E-state index in [9.17, 15) is 10.1 Å². The molecule has 0 radical (unpaired) electrons. The van der Waals surface area contributed by atoms with Crippen molar-refractivity contribution in [3.8, 4) is 5.75 Å². The predicted molar refractivity (Wildman–Crippen MR) is 88.2 cm³/mol. The second kappa shape index (κ2) is 6.24. The van der Waals surface area contributed by atoms with Crippen molar-refractivity contribution in [1.29, 1.82) is 0 Å². The van der Waals surface area contributed by atoms with Crippen molar-refractivity contribution in [2.24, 2.45) is 0 Å². The van der Waals surface area contributed by atoms with E-state index in [0.717, 1.165) is 24.3 Å². The van der Waals surface area contributed by atoms with Crippen molar-refractivity contribution in [3.63, 3.8) is 0 Å². The number of nitrogens with zero attached hydrogens (tertiary/aromatic N) is 3. The minimum atomic E-state index is -0.339. The van der Waals surface area contributed by atoms with Gasteiger partial charge in [0, 0.05) is 30.8 Å². The molecule has 0 spiro atoms. The first-order valence-electron chi connectivity index (χ1n) is 7.59.